The number of para-hydroxylation sites is 1. The number of rotatable bonds is 7. The Hall–Kier alpha value is -2.30. The van der Waals surface area contributed by atoms with Crippen molar-refractivity contribution in [1.29, 1.82) is 0 Å². The maximum atomic E-state index is 12.1. The Morgan fingerprint density at radius 3 is 2.70 bits per heavy atom. The van der Waals surface area contributed by atoms with Crippen LogP contribution >= 0.6 is 0 Å². The number of carbonyl (C=O) groups is 2. The third-order valence-electron chi connectivity index (χ3n) is 4.01. The normalized spacial score (nSPS) is 15.1. The van der Waals surface area contributed by atoms with Gasteiger partial charge in [-0.3, -0.25) is 9.59 Å². The van der Waals surface area contributed by atoms with E-state index in [4.69, 9.17) is 4.74 Å². The summed E-state index contributed by atoms with van der Waals surface area (Å²) in [6, 6.07) is 7.33. The number of benzene rings is 1. The van der Waals surface area contributed by atoms with Crippen LogP contribution in [0, 0.1) is 0 Å². The molecule has 0 bridgehead atoms. The van der Waals surface area contributed by atoms with Crippen molar-refractivity contribution in [3.63, 3.8) is 0 Å². The fourth-order valence-corrected chi connectivity index (χ4v) is 2.73. The summed E-state index contributed by atoms with van der Waals surface area (Å²) in [5, 5.41) is 2.88. The van der Waals surface area contributed by atoms with Gasteiger partial charge >= 0.3 is 0 Å². The molecule has 1 aliphatic rings. The van der Waals surface area contributed by atoms with Crippen molar-refractivity contribution in [3.05, 3.63) is 42.5 Å². The zero-order valence-corrected chi connectivity index (χ0v) is 13.6. The molecule has 0 aromatic heterocycles. The lowest BCUT2D eigenvalue weighted by Crippen LogP contribution is -2.32. The van der Waals surface area contributed by atoms with E-state index < -0.39 is 0 Å². The Balaban J connectivity index is 2.05. The van der Waals surface area contributed by atoms with Crippen LogP contribution in [0.2, 0.25) is 0 Å². The quantitative estimate of drug-likeness (QED) is 0.786. The number of hydrogen-bond donors (Lipinski definition) is 1. The Kier molecular flexibility index (Phi) is 6.20. The molecule has 2 amide bonds. The van der Waals surface area contributed by atoms with Gasteiger partial charge < -0.3 is 15.0 Å². The van der Waals surface area contributed by atoms with Crippen molar-refractivity contribution in [2.45, 2.75) is 32.2 Å². The Bertz CT molecular complexity index is 565. The predicted octanol–water partition coefficient (Wildman–Crippen LogP) is 2.44. The lowest BCUT2D eigenvalue weighted by Gasteiger charge is -2.21. The highest BCUT2D eigenvalue weighted by molar-refractivity contribution is 5.87. The van der Waals surface area contributed by atoms with Crippen molar-refractivity contribution in [1.82, 2.24) is 10.2 Å². The highest BCUT2D eigenvalue weighted by Gasteiger charge is 2.20. The van der Waals surface area contributed by atoms with Gasteiger partial charge in [0.1, 0.15) is 5.75 Å². The van der Waals surface area contributed by atoms with E-state index in [-0.39, 0.29) is 24.5 Å². The van der Waals surface area contributed by atoms with E-state index in [1.807, 2.05) is 36.1 Å². The van der Waals surface area contributed by atoms with Gasteiger partial charge in [0.25, 0.3) is 5.91 Å². The standard InChI is InChI=1S/C18H24N2O3/c1-3-15(19-17(21)4-2)14-9-5-6-10-16(14)23-13-18(22)20-11-7-8-12-20/h4-6,9-10,15H,2-3,7-8,11-13H2,1H3,(H,19,21)/t15-/m1/s1. The lowest BCUT2D eigenvalue weighted by atomic mass is 10.0. The molecule has 1 aliphatic heterocycles. The predicted molar refractivity (Wildman–Crippen MR) is 89.1 cm³/mol. The molecule has 2 rings (SSSR count). The van der Waals surface area contributed by atoms with Crippen molar-refractivity contribution >= 4 is 11.8 Å². The maximum absolute atomic E-state index is 12.1. The minimum atomic E-state index is -0.222. The fourth-order valence-electron chi connectivity index (χ4n) is 2.73. The molecule has 5 heteroatoms. The first-order valence-electron chi connectivity index (χ1n) is 8.08. The first kappa shape index (κ1) is 17.1. The second kappa shape index (κ2) is 8.36. The van der Waals surface area contributed by atoms with Gasteiger partial charge in [0, 0.05) is 18.7 Å². The number of nitrogens with zero attached hydrogens (tertiary/aromatic N) is 1. The number of carbonyl (C=O) groups excluding carboxylic acids is 2. The van der Waals surface area contributed by atoms with Crippen LogP contribution in [-0.2, 0) is 9.59 Å². The second-order valence-corrected chi connectivity index (χ2v) is 5.59. The summed E-state index contributed by atoms with van der Waals surface area (Å²) in [5.74, 6) is 0.427. The van der Waals surface area contributed by atoms with Crippen LogP contribution in [-0.4, -0.2) is 36.4 Å². The zero-order chi connectivity index (χ0) is 16.7. The molecular weight excluding hydrogens is 292 g/mol. The van der Waals surface area contributed by atoms with Crippen LogP contribution in [0.4, 0.5) is 0 Å². The third kappa shape index (κ3) is 4.58. The SMILES string of the molecule is C=CC(=O)N[C@H](CC)c1ccccc1OCC(=O)N1CCCC1. The molecular formula is C18H24N2O3. The molecule has 5 nitrogen and oxygen atoms in total. The van der Waals surface area contributed by atoms with Crippen LogP contribution in [0.15, 0.2) is 36.9 Å². The van der Waals surface area contributed by atoms with Crippen LogP contribution in [0.3, 0.4) is 0 Å². The number of ether oxygens (including phenoxy) is 1. The van der Waals surface area contributed by atoms with Crippen LogP contribution in [0.5, 0.6) is 5.75 Å². The first-order valence-corrected chi connectivity index (χ1v) is 8.08. The third-order valence-corrected chi connectivity index (χ3v) is 4.01. The van der Waals surface area contributed by atoms with Crippen molar-refractivity contribution in [3.8, 4) is 5.75 Å². The topological polar surface area (TPSA) is 58.6 Å². The average molecular weight is 316 g/mol. The van der Waals surface area contributed by atoms with Gasteiger partial charge in [-0.05, 0) is 31.4 Å². The molecule has 1 aromatic carbocycles. The Morgan fingerprint density at radius 1 is 1.35 bits per heavy atom. The molecule has 1 saturated heterocycles. The largest absolute Gasteiger partial charge is 0.483 e. The molecule has 0 radical (unpaired) electrons. The zero-order valence-electron chi connectivity index (χ0n) is 13.6. The van der Waals surface area contributed by atoms with Crippen molar-refractivity contribution in [2.24, 2.45) is 0 Å². The maximum Gasteiger partial charge on any atom is 0.260 e. The molecule has 1 heterocycles. The van der Waals surface area contributed by atoms with Crippen molar-refractivity contribution in [2.75, 3.05) is 19.7 Å². The van der Waals surface area contributed by atoms with Gasteiger partial charge in [-0.15, -0.1) is 0 Å². The molecule has 1 atom stereocenters. The molecule has 0 saturated carbocycles. The summed E-state index contributed by atoms with van der Waals surface area (Å²) in [5.41, 5.74) is 0.874. The summed E-state index contributed by atoms with van der Waals surface area (Å²) in [4.78, 5) is 25.5. The number of hydrogen-bond acceptors (Lipinski definition) is 3. The molecule has 1 fully saturated rings. The molecule has 1 aromatic rings. The Labute approximate surface area is 137 Å². The molecule has 124 valence electrons. The van der Waals surface area contributed by atoms with Crippen molar-refractivity contribution < 1.29 is 14.3 Å². The van der Waals surface area contributed by atoms with Gasteiger partial charge in [-0.2, -0.15) is 0 Å². The van der Waals surface area contributed by atoms with Crippen LogP contribution < -0.4 is 10.1 Å². The molecule has 0 unspecified atom stereocenters. The van der Waals surface area contributed by atoms with Gasteiger partial charge in [-0.25, -0.2) is 0 Å². The number of amides is 2. The molecule has 23 heavy (non-hydrogen) atoms. The van der Waals surface area contributed by atoms with E-state index in [0.29, 0.717) is 5.75 Å². The smallest absolute Gasteiger partial charge is 0.260 e. The van der Waals surface area contributed by atoms with Crippen LogP contribution in [0.25, 0.3) is 0 Å². The summed E-state index contributed by atoms with van der Waals surface area (Å²) >= 11 is 0. The first-order chi connectivity index (χ1) is 11.2. The molecule has 1 N–H and O–H groups in total. The number of nitrogens with one attached hydrogen (secondary N) is 1. The van der Waals surface area contributed by atoms with E-state index in [2.05, 4.69) is 11.9 Å². The van der Waals surface area contributed by atoms with E-state index in [1.165, 1.54) is 6.08 Å². The average Bonchev–Trinajstić information content (AvgIpc) is 3.12. The minimum absolute atomic E-state index is 0.0143. The number of likely N-dealkylation sites (tertiary alicyclic amines) is 1. The summed E-state index contributed by atoms with van der Waals surface area (Å²) in [6.07, 6.45) is 4.10. The second-order valence-electron chi connectivity index (χ2n) is 5.59. The van der Waals surface area contributed by atoms with Gasteiger partial charge in [0.05, 0.1) is 6.04 Å². The highest BCUT2D eigenvalue weighted by Crippen LogP contribution is 2.27. The van der Waals surface area contributed by atoms with E-state index in [1.54, 1.807) is 0 Å². The summed E-state index contributed by atoms with van der Waals surface area (Å²) in [6.45, 7) is 7.12. The minimum Gasteiger partial charge on any atom is -0.483 e. The van der Waals surface area contributed by atoms with Gasteiger partial charge in [0.2, 0.25) is 5.91 Å². The van der Waals surface area contributed by atoms with Gasteiger partial charge in [0.15, 0.2) is 6.61 Å². The fraction of sp³-hybridized carbons (Fsp3) is 0.444. The molecule has 0 aliphatic carbocycles. The molecule has 0 spiro atoms. The van der Waals surface area contributed by atoms with Gasteiger partial charge in [-0.1, -0.05) is 31.7 Å². The summed E-state index contributed by atoms with van der Waals surface area (Å²) < 4.78 is 5.74. The highest BCUT2D eigenvalue weighted by atomic mass is 16.5. The van der Waals surface area contributed by atoms with Crippen LogP contribution in [0.1, 0.15) is 37.8 Å². The van der Waals surface area contributed by atoms with E-state index in [9.17, 15) is 9.59 Å². The lowest BCUT2D eigenvalue weighted by molar-refractivity contribution is -0.132. The van der Waals surface area contributed by atoms with E-state index >= 15 is 0 Å². The monoisotopic (exact) mass is 316 g/mol. The summed E-state index contributed by atoms with van der Waals surface area (Å²) in [7, 11) is 0. The Morgan fingerprint density at radius 2 is 2.04 bits per heavy atom. The van der Waals surface area contributed by atoms with E-state index in [0.717, 1.165) is 37.9 Å².